The quantitative estimate of drug-likeness (QED) is 0.612. The van der Waals surface area contributed by atoms with Gasteiger partial charge in [-0.25, -0.2) is 8.42 Å². The molecule has 1 aliphatic rings. The summed E-state index contributed by atoms with van der Waals surface area (Å²) in [5.41, 5.74) is 2.02. The van der Waals surface area contributed by atoms with Crippen LogP contribution in [0.15, 0.2) is 65.7 Å². The SMILES string of the molecule is CCC(=O)Nc1ccc(S(=O)(=O)N2CCN(c3ccc(-c4ccccn4)nn3)CC2)cc1. The molecular weight excluding hydrogens is 428 g/mol. The highest BCUT2D eigenvalue weighted by atomic mass is 32.2. The fraction of sp³-hybridized carbons (Fsp3) is 0.273. The Labute approximate surface area is 187 Å². The Morgan fingerprint density at radius 2 is 1.69 bits per heavy atom. The maximum Gasteiger partial charge on any atom is 0.243 e. The predicted molar refractivity (Wildman–Crippen MR) is 122 cm³/mol. The van der Waals surface area contributed by atoms with Crippen molar-refractivity contribution in [1.82, 2.24) is 19.5 Å². The number of benzene rings is 1. The van der Waals surface area contributed by atoms with Crippen LogP contribution in [-0.4, -0.2) is 60.0 Å². The molecule has 0 saturated carbocycles. The maximum atomic E-state index is 13.0. The zero-order valence-electron chi connectivity index (χ0n) is 17.7. The monoisotopic (exact) mass is 452 g/mol. The van der Waals surface area contributed by atoms with Crippen LogP contribution >= 0.6 is 0 Å². The molecule has 0 atom stereocenters. The number of amides is 1. The zero-order chi connectivity index (χ0) is 22.6. The summed E-state index contributed by atoms with van der Waals surface area (Å²) < 4.78 is 27.5. The number of carbonyl (C=O) groups excluding carboxylic acids is 1. The van der Waals surface area contributed by atoms with Crippen LogP contribution in [0.4, 0.5) is 11.5 Å². The molecule has 1 N–H and O–H groups in total. The molecule has 0 unspecified atom stereocenters. The average molecular weight is 453 g/mol. The summed E-state index contributed by atoms with van der Waals surface area (Å²) in [6.45, 7) is 3.48. The van der Waals surface area contributed by atoms with E-state index in [1.165, 1.54) is 16.4 Å². The molecule has 0 radical (unpaired) electrons. The van der Waals surface area contributed by atoms with Gasteiger partial charge in [-0.1, -0.05) is 13.0 Å². The molecule has 1 fully saturated rings. The highest BCUT2D eigenvalue weighted by Gasteiger charge is 2.29. The second kappa shape index (κ2) is 9.41. The van der Waals surface area contributed by atoms with E-state index in [1.807, 2.05) is 35.2 Å². The first-order valence-corrected chi connectivity index (χ1v) is 11.8. The van der Waals surface area contributed by atoms with Crippen molar-refractivity contribution in [3.63, 3.8) is 0 Å². The number of anilines is 2. The lowest BCUT2D eigenvalue weighted by Gasteiger charge is -2.34. The lowest BCUT2D eigenvalue weighted by atomic mass is 10.2. The first kappa shape index (κ1) is 21.8. The summed E-state index contributed by atoms with van der Waals surface area (Å²) in [6.07, 6.45) is 2.07. The van der Waals surface area contributed by atoms with Gasteiger partial charge < -0.3 is 10.2 Å². The van der Waals surface area contributed by atoms with Crippen molar-refractivity contribution in [2.24, 2.45) is 0 Å². The van der Waals surface area contributed by atoms with Gasteiger partial charge in [0, 0.05) is 44.5 Å². The number of hydrogen-bond donors (Lipinski definition) is 1. The van der Waals surface area contributed by atoms with Crippen molar-refractivity contribution in [2.75, 3.05) is 36.4 Å². The van der Waals surface area contributed by atoms with Gasteiger partial charge in [0.15, 0.2) is 5.82 Å². The number of aromatic nitrogens is 3. The molecule has 32 heavy (non-hydrogen) atoms. The van der Waals surface area contributed by atoms with Crippen LogP contribution in [0.3, 0.4) is 0 Å². The Balaban J connectivity index is 1.39. The lowest BCUT2D eigenvalue weighted by molar-refractivity contribution is -0.115. The van der Waals surface area contributed by atoms with E-state index in [2.05, 4.69) is 20.5 Å². The molecule has 1 saturated heterocycles. The standard InChI is InChI=1S/C22H24N6O3S/c1-2-22(29)24-17-6-8-18(9-7-17)32(30,31)28-15-13-27(14-16-28)21-11-10-20(25-26-21)19-5-3-4-12-23-19/h3-12H,2,13-16H2,1H3,(H,24,29). The smallest absolute Gasteiger partial charge is 0.243 e. The summed E-state index contributed by atoms with van der Waals surface area (Å²) in [7, 11) is -3.61. The van der Waals surface area contributed by atoms with Gasteiger partial charge in [0.1, 0.15) is 5.69 Å². The van der Waals surface area contributed by atoms with Crippen LogP contribution in [0.25, 0.3) is 11.4 Å². The van der Waals surface area contributed by atoms with E-state index >= 15 is 0 Å². The van der Waals surface area contributed by atoms with Crippen LogP contribution in [0.5, 0.6) is 0 Å². The predicted octanol–water partition coefficient (Wildman–Crippen LogP) is 2.40. The largest absolute Gasteiger partial charge is 0.352 e. The van der Waals surface area contributed by atoms with Gasteiger partial charge in [0.25, 0.3) is 0 Å². The fourth-order valence-corrected chi connectivity index (χ4v) is 4.83. The van der Waals surface area contributed by atoms with E-state index < -0.39 is 10.0 Å². The molecule has 2 aromatic heterocycles. The van der Waals surface area contributed by atoms with Gasteiger partial charge in [-0.2, -0.15) is 4.31 Å². The maximum absolute atomic E-state index is 13.0. The molecule has 1 aromatic carbocycles. The van der Waals surface area contributed by atoms with Crippen molar-refractivity contribution in [3.8, 4) is 11.4 Å². The van der Waals surface area contributed by atoms with Crippen LogP contribution in [0.1, 0.15) is 13.3 Å². The molecule has 1 aliphatic heterocycles. The van der Waals surface area contributed by atoms with E-state index in [0.717, 1.165) is 5.69 Å². The molecule has 9 nitrogen and oxygen atoms in total. The number of sulfonamides is 1. The number of carbonyl (C=O) groups is 1. The van der Waals surface area contributed by atoms with Gasteiger partial charge >= 0.3 is 0 Å². The number of pyridine rings is 1. The summed E-state index contributed by atoms with van der Waals surface area (Å²) in [5.74, 6) is 0.589. The number of rotatable bonds is 6. The van der Waals surface area contributed by atoms with Crippen molar-refractivity contribution in [2.45, 2.75) is 18.2 Å². The van der Waals surface area contributed by atoms with Crippen LogP contribution in [-0.2, 0) is 14.8 Å². The van der Waals surface area contributed by atoms with Crippen molar-refractivity contribution in [1.29, 1.82) is 0 Å². The summed E-state index contributed by atoms with van der Waals surface area (Å²) >= 11 is 0. The Kier molecular flexibility index (Phi) is 6.42. The molecule has 0 aliphatic carbocycles. The Hall–Kier alpha value is -3.37. The highest BCUT2D eigenvalue weighted by molar-refractivity contribution is 7.89. The third kappa shape index (κ3) is 4.76. The molecule has 3 aromatic rings. The van der Waals surface area contributed by atoms with Crippen molar-refractivity contribution in [3.05, 3.63) is 60.8 Å². The number of nitrogens with one attached hydrogen (secondary N) is 1. The third-order valence-electron chi connectivity index (χ3n) is 5.24. The van der Waals surface area contributed by atoms with Gasteiger partial charge in [0.05, 0.1) is 10.6 Å². The normalized spacial score (nSPS) is 14.8. The molecule has 166 valence electrons. The summed E-state index contributed by atoms with van der Waals surface area (Å²) in [5, 5.41) is 11.3. The number of piperazine rings is 1. The highest BCUT2D eigenvalue weighted by Crippen LogP contribution is 2.22. The van der Waals surface area contributed by atoms with E-state index in [4.69, 9.17) is 0 Å². The van der Waals surface area contributed by atoms with Crippen LogP contribution in [0, 0.1) is 0 Å². The molecular formula is C22H24N6O3S. The zero-order valence-corrected chi connectivity index (χ0v) is 18.5. The second-order valence-corrected chi connectivity index (χ2v) is 9.25. The molecule has 4 rings (SSSR count). The minimum absolute atomic E-state index is 0.118. The molecule has 0 bridgehead atoms. The topological polar surface area (TPSA) is 108 Å². The molecule has 1 amide bonds. The van der Waals surface area contributed by atoms with E-state index in [-0.39, 0.29) is 10.8 Å². The van der Waals surface area contributed by atoms with Crippen LogP contribution < -0.4 is 10.2 Å². The molecule has 0 spiro atoms. The minimum Gasteiger partial charge on any atom is -0.352 e. The number of hydrogen-bond acceptors (Lipinski definition) is 7. The molecule has 3 heterocycles. The second-order valence-electron chi connectivity index (χ2n) is 7.31. The van der Waals surface area contributed by atoms with Gasteiger partial charge in [-0.05, 0) is 48.5 Å². The number of nitrogens with zero attached hydrogens (tertiary/aromatic N) is 5. The average Bonchev–Trinajstić information content (AvgIpc) is 2.85. The fourth-order valence-electron chi connectivity index (χ4n) is 3.41. The third-order valence-corrected chi connectivity index (χ3v) is 7.15. The molecule has 10 heteroatoms. The van der Waals surface area contributed by atoms with Gasteiger partial charge in [-0.15, -0.1) is 10.2 Å². The van der Waals surface area contributed by atoms with Crippen LogP contribution in [0.2, 0.25) is 0 Å². The first-order valence-electron chi connectivity index (χ1n) is 10.4. The lowest BCUT2D eigenvalue weighted by Crippen LogP contribution is -2.49. The Morgan fingerprint density at radius 3 is 2.28 bits per heavy atom. The Morgan fingerprint density at radius 1 is 0.938 bits per heavy atom. The van der Waals surface area contributed by atoms with E-state index in [1.54, 1.807) is 25.3 Å². The first-order chi connectivity index (χ1) is 15.5. The van der Waals surface area contributed by atoms with E-state index in [0.29, 0.717) is 49.8 Å². The Bertz CT molecular complexity index is 1160. The van der Waals surface area contributed by atoms with Crippen molar-refractivity contribution < 1.29 is 13.2 Å². The van der Waals surface area contributed by atoms with Crippen molar-refractivity contribution >= 4 is 27.4 Å². The minimum atomic E-state index is -3.61. The van der Waals surface area contributed by atoms with Gasteiger partial charge in [-0.3, -0.25) is 9.78 Å². The summed E-state index contributed by atoms with van der Waals surface area (Å²) in [6, 6.07) is 15.6. The van der Waals surface area contributed by atoms with Gasteiger partial charge in [0.2, 0.25) is 15.9 Å². The van der Waals surface area contributed by atoms with E-state index in [9.17, 15) is 13.2 Å². The summed E-state index contributed by atoms with van der Waals surface area (Å²) in [4.78, 5) is 18.0.